The summed E-state index contributed by atoms with van der Waals surface area (Å²) in [7, 11) is 1.85. The second-order valence-corrected chi connectivity index (χ2v) is 5.31. The first-order chi connectivity index (χ1) is 10.2. The summed E-state index contributed by atoms with van der Waals surface area (Å²) in [5, 5.41) is 5.71. The maximum Gasteiger partial charge on any atom is 0.142 e. The summed E-state index contributed by atoms with van der Waals surface area (Å²) >= 11 is 6.15. The van der Waals surface area contributed by atoms with Crippen molar-refractivity contribution in [1.29, 1.82) is 0 Å². The minimum Gasteiger partial charge on any atom is -0.309 e. The minimum absolute atomic E-state index is 0.153. The van der Waals surface area contributed by atoms with Gasteiger partial charge >= 0.3 is 0 Å². The summed E-state index contributed by atoms with van der Waals surface area (Å²) in [6.45, 7) is 0. The van der Waals surface area contributed by atoms with Crippen LogP contribution in [0.25, 0.3) is 10.8 Å². The van der Waals surface area contributed by atoms with Crippen LogP contribution in [0.2, 0.25) is 5.02 Å². The fraction of sp³-hybridized carbons (Fsp3) is 0.111. The first-order valence-corrected chi connectivity index (χ1v) is 7.19. The molecule has 0 saturated heterocycles. The lowest BCUT2D eigenvalue weighted by molar-refractivity contribution is 0.618. The Balaban J connectivity index is 2.21. The maximum atomic E-state index is 13.7. The van der Waals surface area contributed by atoms with E-state index in [0.29, 0.717) is 0 Å². The van der Waals surface area contributed by atoms with Gasteiger partial charge in [0.15, 0.2) is 0 Å². The molecule has 1 N–H and O–H groups in total. The molecule has 0 aliphatic carbocycles. The largest absolute Gasteiger partial charge is 0.309 e. The van der Waals surface area contributed by atoms with Gasteiger partial charge in [-0.25, -0.2) is 4.39 Å². The highest BCUT2D eigenvalue weighted by Crippen LogP contribution is 2.33. The van der Waals surface area contributed by atoms with Crippen LogP contribution in [-0.4, -0.2) is 7.05 Å². The lowest BCUT2D eigenvalue weighted by Crippen LogP contribution is -2.18. The van der Waals surface area contributed by atoms with Crippen molar-refractivity contribution in [1.82, 2.24) is 5.32 Å². The number of nitrogens with one attached hydrogen (secondary N) is 1. The standard InChI is InChI=1S/C18H15ClFN/c1-21-18(15-10-5-11-16(20)17(15)19)14-9-4-7-12-6-2-3-8-13(12)14/h2-11,18,21H,1H3. The highest BCUT2D eigenvalue weighted by molar-refractivity contribution is 6.31. The Morgan fingerprint density at radius 1 is 0.905 bits per heavy atom. The molecule has 0 heterocycles. The van der Waals surface area contributed by atoms with E-state index in [9.17, 15) is 4.39 Å². The van der Waals surface area contributed by atoms with Crippen molar-refractivity contribution in [3.63, 3.8) is 0 Å². The summed E-state index contributed by atoms with van der Waals surface area (Å²) < 4.78 is 13.7. The van der Waals surface area contributed by atoms with Crippen LogP contribution in [0.3, 0.4) is 0 Å². The molecule has 0 aromatic heterocycles. The molecule has 0 amide bonds. The van der Waals surface area contributed by atoms with E-state index < -0.39 is 5.82 Å². The molecule has 0 radical (unpaired) electrons. The van der Waals surface area contributed by atoms with Gasteiger partial charge in [-0.15, -0.1) is 0 Å². The zero-order valence-electron chi connectivity index (χ0n) is 11.6. The van der Waals surface area contributed by atoms with Crippen LogP contribution in [0.15, 0.2) is 60.7 Å². The lowest BCUT2D eigenvalue weighted by atomic mass is 9.94. The molecule has 106 valence electrons. The highest BCUT2D eigenvalue weighted by Gasteiger charge is 2.18. The van der Waals surface area contributed by atoms with Crippen molar-refractivity contribution < 1.29 is 4.39 Å². The molecule has 1 atom stereocenters. The van der Waals surface area contributed by atoms with Gasteiger partial charge in [-0.1, -0.05) is 66.2 Å². The minimum atomic E-state index is -0.394. The Morgan fingerprint density at radius 3 is 2.38 bits per heavy atom. The molecule has 0 fully saturated rings. The average Bonchev–Trinajstić information content (AvgIpc) is 2.52. The van der Waals surface area contributed by atoms with Crippen molar-refractivity contribution in [3.8, 4) is 0 Å². The van der Waals surface area contributed by atoms with Crippen molar-refractivity contribution in [2.24, 2.45) is 0 Å². The first-order valence-electron chi connectivity index (χ1n) is 6.81. The lowest BCUT2D eigenvalue weighted by Gasteiger charge is -2.20. The summed E-state index contributed by atoms with van der Waals surface area (Å²) in [4.78, 5) is 0. The van der Waals surface area contributed by atoms with Crippen molar-refractivity contribution in [2.75, 3.05) is 7.05 Å². The van der Waals surface area contributed by atoms with Gasteiger partial charge in [0, 0.05) is 0 Å². The molecule has 0 bridgehead atoms. The predicted molar refractivity (Wildman–Crippen MR) is 86.3 cm³/mol. The zero-order valence-corrected chi connectivity index (χ0v) is 12.4. The topological polar surface area (TPSA) is 12.0 Å². The molecule has 0 saturated carbocycles. The van der Waals surface area contributed by atoms with E-state index in [0.717, 1.165) is 21.9 Å². The molecule has 3 rings (SSSR count). The highest BCUT2D eigenvalue weighted by atomic mass is 35.5. The number of hydrogen-bond acceptors (Lipinski definition) is 1. The second-order valence-electron chi connectivity index (χ2n) is 4.93. The third kappa shape index (κ3) is 2.53. The Labute approximate surface area is 128 Å². The van der Waals surface area contributed by atoms with E-state index in [2.05, 4.69) is 23.5 Å². The van der Waals surface area contributed by atoms with Crippen LogP contribution in [-0.2, 0) is 0 Å². The van der Waals surface area contributed by atoms with Gasteiger partial charge in [-0.3, -0.25) is 0 Å². The number of benzene rings is 3. The average molecular weight is 300 g/mol. The molecule has 0 aliphatic heterocycles. The van der Waals surface area contributed by atoms with Gasteiger partial charge in [0.1, 0.15) is 5.82 Å². The molecule has 21 heavy (non-hydrogen) atoms. The van der Waals surface area contributed by atoms with E-state index >= 15 is 0 Å². The van der Waals surface area contributed by atoms with Gasteiger partial charge < -0.3 is 5.32 Å². The normalized spacial score (nSPS) is 12.5. The van der Waals surface area contributed by atoms with Crippen LogP contribution < -0.4 is 5.32 Å². The van der Waals surface area contributed by atoms with Crippen molar-refractivity contribution in [2.45, 2.75) is 6.04 Å². The monoisotopic (exact) mass is 299 g/mol. The second kappa shape index (κ2) is 5.84. The Kier molecular flexibility index (Phi) is 3.91. The number of rotatable bonds is 3. The van der Waals surface area contributed by atoms with Gasteiger partial charge in [0.25, 0.3) is 0 Å². The molecule has 3 aromatic carbocycles. The molecule has 1 unspecified atom stereocenters. The SMILES string of the molecule is CNC(c1cccc(F)c1Cl)c1cccc2ccccc12. The Bertz CT molecular complexity index is 780. The molecule has 3 heteroatoms. The Hall–Kier alpha value is -1.90. The van der Waals surface area contributed by atoms with Gasteiger partial charge in [-0.05, 0) is 35.0 Å². The van der Waals surface area contributed by atoms with Crippen LogP contribution in [0.4, 0.5) is 4.39 Å². The van der Waals surface area contributed by atoms with Gasteiger partial charge in [0.2, 0.25) is 0 Å². The van der Waals surface area contributed by atoms with Crippen LogP contribution in [0.1, 0.15) is 17.2 Å². The van der Waals surface area contributed by atoms with E-state index in [1.165, 1.54) is 6.07 Å². The number of halogens is 2. The third-order valence-corrected chi connectivity index (χ3v) is 4.11. The van der Waals surface area contributed by atoms with E-state index in [1.807, 2.05) is 37.4 Å². The smallest absolute Gasteiger partial charge is 0.142 e. The number of fused-ring (bicyclic) bond motifs is 1. The van der Waals surface area contributed by atoms with E-state index in [-0.39, 0.29) is 11.1 Å². The number of hydrogen-bond donors (Lipinski definition) is 1. The van der Waals surface area contributed by atoms with Crippen LogP contribution in [0.5, 0.6) is 0 Å². The summed E-state index contributed by atoms with van der Waals surface area (Å²) in [5.74, 6) is -0.394. The first kappa shape index (κ1) is 14.1. The molecular weight excluding hydrogens is 285 g/mol. The molecule has 0 aliphatic rings. The summed E-state index contributed by atoms with van der Waals surface area (Å²) in [5.41, 5.74) is 1.83. The van der Waals surface area contributed by atoms with Gasteiger partial charge in [-0.2, -0.15) is 0 Å². The Morgan fingerprint density at radius 2 is 1.57 bits per heavy atom. The quantitative estimate of drug-likeness (QED) is 0.722. The maximum absolute atomic E-state index is 13.7. The third-order valence-electron chi connectivity index (χ3n) is 3.72. The van der Waals surface area contributed by atoms with E-state index in [1.54, 1.807) is 6.07 Å². The molecule has 1 nitrogen and oxygen atoms in total. The summed E-state index contributed by atoms with van der Waals surface area (Å²) in [6, 6.07) is 19.0. The van der Waals surface area contributed by atoms with Crippen molar-refractivity contribution in [3.05, 3.63) is 82.6 Å². The zero-order chi connectivity index (χ0) is 14.8. The van der Waals surface area contributed by atoms with Gasteiger partial charge in [0.05, 0.1) is 11.1 Å². The summed E-state index contributed by atoms with van der Waals surface area (Å²) in [6.07, 6.45) is 0. The van der Waals surface area contributed by atoms with Crippen LogP contribution >= 0.6 is 11.6 Å². The van der Waals surface area contributed by atoms with E-state index in [4.69, 9.17) is 11.6 Å². The molecule has 3 aromatic rings. The van der Waals surface area contributed by atoms with Crippen LogP contribution in [0, 0.1) is 5.82 Å². The predicted octanol–water partition coefficient (Wildman–Crippen LogP) is 4.94. The fourth-order valence-electron chi connectivity index (χ4n) is 2.72. The van der Waals surface area contributed by atoms with Crippen molar-refractivity contribution >= 4 is 22.4 Å². The molecular formula is C18H15ClFN. The fourth-order valence-corrected chi connectivity index (χ4v) is 2.96. The molecule has 0 spiro atoms.